The maximum absolute atomic E-state index is 11.8. The minimum atomic E-state index is -0.142. The first-order valence-corrected chi connectivity index (χ1v) is 6.75. The summed E-state index contributed by atoms with van der Waals surface area (Å²) in [4.78, 5) is 11.8. The Kier molecular flexibility index (Phi) is 4.12. The van der Waals surface area contributed by atoms with Gasteiger partial charge < -0.3 is 5.32 Å². The number of hydrogen-bond acceptors (Lipinski definition) is 4. The van der Waals surface area contributed by atoms with Gasteiger partial charge in [0.05, 0.1) is 0 Å². The van der Waals surface area contributed by atoms with Crippen LogP contribution in [0.4, 0.5) is 0 Å². The van der Waals surface area contributed by atoms with Gasteiger partial charge in [0.25, 0.3) is 5.91 Å². The molecule has 6 heteroatoms. The van der Waals surface area contributed by atoms with E-state index in [1.807, 2.05) is 0 Å². The summed E-state index contributed by atoms with van der Waals surface area (Å²) in [5.74, 6) is -0.142. The van der Waals surface area contributed by atoms with Crippen molar-refractivity contribution in [2.24, 2.45) is 0 Å². The third-order valence-corrected chi connectivity index (χ3v) is 3.80. The Morgan fingerprint density at radius 1 is 1.25 bits per heavy atom. The fourth-order valence-corrected chi connectivity index (χ4v) is 2.70. The molecule has 1 aliphatic rings. The van der Waals surface area contributed by atoms with E-state index in [1.165, 1.54) is 25.7 Å². The Hall–Kier alpha value is -0.680. The first-order valence-electron chi connectivity index (χ1n) is 5.55. The Labute approximate surface area is 103 Å². The predicted octanol–water partition coefficient (Wildman–Crippen LogP) is 2.64. The molecule has 4 nitrogen and oxygen atoms in total. The van der Waals surface area contributed by atoms with Crippen molar-refractivity contribution in [1.29, 1.82) is 0 Å². The number of aromatic nitrogens is 2. The van der Waals surface area contributed by atoms with Crippen LogP contribution in [0.15, 0.2) is 0 Å². The lowest BCUT2D eigenvalue weighted by Crippen LogP contribution is -2.34. The van der Waals surface area contributed by atoms with Crippen molar-refractivity contribution in [3.8, 4) is 0 Å². The molecule has 88 valence electrons. The lowest BCUT2D eigenvalue weighted by atomic mass is 10.1. The van der Waals surface area contributed by atoms with Crippen LogP contribution < -0.4 is 5.32 Å². The Bertz CT molecular complexity index is 361. The van der Waals surface area contributed by atoms with Gasteiger partial charge in [0.1, 0.15) is 0 Å². The van der Waals surface area contributed by atoms with Crippen molar-refractivity contribution in [1.82, 2.24) is 15.5 Å². The zero-order valence-corrected chi connectivity index (χ0v) is 10.5. The third kappa shape index (κ3) is 3.15. The fraction of sp³-hybridized carbons (Fsp3) is 0.700. The van der Waals surface area contributed by atoms with Crippen LogP contribution in [0.25, 0.3) is 0 Å². The molecule has 0 spiro atoms. The molecule has 0 radical (unpaired) electrons. The Balaban J connectivity index is 1.90. The van der Waals surface area contributed by atoms with Gasteiger partial charge in [-0.15, -0.1) is 10.2 Å². The topological polar surface area (TPSA) is 54.9 Å². The average molecular weight is 260 g/mol. The molecule has 2 rings (SSSR count). The molecule has 0 unspecified atom stereocenters. The predicted molar refractivity (Wildman–Crippen MR) is 63.9 cm³/mol. The number of hydrogen-bond donors (Lipinski definition) is 1. The minimum Gasteiger partial charge on any atom is -0.347 e. The monoisotopic (exact) mass is 259 g/mol. The van der Waals surface area contributed by atoms with Crippen molar-refractivity contribution in [2.75, 3.05) is 0 Å². The van der Waals surface area contributed by atoms with Gasteiger partial charge in [-0.05, 0) is 24.4 Å². The molecule has 1 amide bonds. The molecule has 0 aromatic carbocycles. The van der Waals surface area contributed by atoms with Gasteiger partial charge in [0.15, 0.2) is 0 Å². The second kappa shape index (κ2) is 5.59. The van der Waals surface area contributed by atoms with Crippen molar-refractivity contribution in [3.63, 3.8) is 0 Å². The van der Waals surface area contributed by atoms with Gasteiger partial charge in [-0.2, -0.15) is 0 Å². The zero-order chi connectivity index (χ0) is 11.4. The Morgan fingerprint density at radius 2 is 1.94 bits per heavy atom. The van der Waals surface area contributed by atoms with E-state index in [0.717, 1.165) is 24.2 Å². The van der Waals surface area contributed by atoms with Crippen LogP contribution in [0.1, 0.15) is 48.3 Å². The van der Waals surface area contributed by atoms with E-state index in [2.05, 4.69) is 15.5 Å². The second-order valence-corrected chi connectivity index (χ2v) is 5.58. The SMILES string of the molecule is O=C(NC1CCCCCC1)c1nnc(Cl)s1. The highest BCUT2D eigenvalue weighted by molar-refractivity contribution is 7.17. The van der Waals surface area contributed by atoms with Crippen molar-refractivity contribution in [3.05, 3.63) is 9.47 Å². The van der Waals surface area contributed by atoms with E-state index in [0.29, 0.717) is 9.47 Å². The summed E-state index contributed by atoms with van der Waals surface area (Å²) in [6, 6.07) is 0.290. The summed E-state index contributed by atoms with van der Waals surface area (Å²) in [5.41, 5.74) is 0. The fourth-order valence-electron chi connectivity index (χ4n) is 1.97. The van der Waals surface area contributed by atoms with Crippen LogP contribution in [-0.2, 0) is 0 Å². The lowest BCUT2D eigenvalue weighted by Gasteiger charge is -2.14. The minimum absolute atomic E-state index is 0.142. The number of amides is 1. The Morgan fingerprint density at radius 3 is 2.50 bits per heavy atom. The van der Waals surface area contributed by atoms with Crippen LogP contribution in [0.2, 0.25) is 4.47 Å². The normalized spacial score (nSPS) is 18.1. The molecule has 1 fully saturated rings. The third-order valence-electron chi connectivity index (χ3n) is 2.78. The van der Waals surface area contributed by atoms with Crippen molar-refractivity contribution < 1.29 is 4.79 Å². The molecule has 0 atom stereocenters. The molecule has 0 saturated heterocycles. The lowest BCUT2D eigenvalue weighted by molar-refractivity contribution is 0.0932. The number of nitrogens with one attached hydrogen (secondary N) is 1. The molecule has 1 aliphatic carbocycles. The molecule has 1 aromatic rings. The smallest absolute Gasteiger partial charge is 0.282 e. The van der Waals surface area contributed by atoms with Crippen LogP contribution in [0, 0.1) is 0 Å². The molecule has 1 heterocycles. The summed E-state index contributed by atoms with van der Waals surface area (Å²) >= 11 is 6.76. The van der Waals surface area contributed by atoms with E-state index >= 15 is 0 Å². The summed E-state index contributed by atoms with van der Waals surface area (Å²) < 4.78 is 0.311. The summed E-state index contributed by atoms with van der Waals surface area (Å²) in [5, 5.41) is 10.7. The van der Waals surface area contributed by atoms with Crippen LogP contribution in [0.3, 0.4) is 0 Å². The standard InChI is InChI=1S/C10H14ClN3OS/c11-10-14-13-9(16-10)8(15)12-7-5-3-1-2-4-6-7/h7H,1-6H2,(H,12,15). The number of halogens is 1. The maximum Gasteiger partial charge on any atom is 0.282 e. The van der Waals surface area contributed by atoms with Gasteiger partial charge in [-0.3, -0.25) is 4.79 Å². The second-order valence-electron chi connectivity index (χ2n) is 4.02. The molecule has 0 bridgehead atoms. The van der Waals surface area contributed by atoms with Crippen LogP contribution in [-0.4, -0.2) is 22.1 Å². The van der Waals surface area contributed by atoms with E-state index in [-0.39, 0.29) is 11.9 Å². The van der Waals surface area contributed by atoms with Gasteiger partial charge >= 0.3 is 0 Å². The molecule has 1 N–H and O–H groups in total. The first-order chi connectivity index (χ1) is 7.75. The molecule has 0 aliphatic heterocycles. The summed E-state index contributed by atoms with van der Waals surface area (Å²) in [6.45, 7) is 0. The van der Waals surface area contributed by atoms with Crippen molar-refractivity contribution >= 4 is 28.8 Å². The van der Waals surface area contributed by atoms with Gasteiger partial charge in [0.2, 0.25) is 9.47 Å². The van der Waals surface area contributed by atoms with Gasteiger partial charge in [-0.1, -0.05) is 37.0 Å². The number of nitrogens with zero attached hydrogens (tertiary/aromatic N) is 2. The van der Waals surface area contributed by atoms with Gasteiger partial charge in [0, 0.05) is 6.04 Å². The number of rotatable bonds is 2. The summed E-state index contributed by atoms with van der Waals surface area (Å²) in [6.07, 6.45) is 7.08. The largest absolute Gasteiger partial charge is 0.347 e. The zero-order valence-electron chi connectivity index (χ0n) is 8.91. The summed E-state index contributed by atoms with van der Waals surface area (Å²) in [7, 11) is 0. The number of carbonyl (C=O) groups is 1. The van der Waals surface area contributed by atoms with Crippen LogP contribution in [0.5, 0.6) is 0 Å². The van der Waals surface area contributed by atoms with E-state index in [9.17, 15) is 4.79 Å². The quantitative estimate of drug-likeness (QED) is 0.831. The number of carbonyl (C=O) groups excluding carboxylic acids is 1. The van der Waals surface area contributed by atoms with E-state index in [4.69, 9.17) is 11.6 Å². The molecular formula is C10H14ClN3OS. The highest BCUT2D eigenvalue weighted by Crippen LogP contribution is 2.19. The average Bonchev–Trinajstić information content (AvgIpc) is 2.54. The van der Waals surface area contributed by atoms with E-state index < -0.39 is 0 Å². The molecule has 1 aromatic heterocycles. The van der Waals surface area contributed by atoms with E-state index in [1.54, 1.807) is 0 Å². The maximum atomic E-state index is 11.8. The molecular weight excluding hydrogens is 246 g/mol. The molecule has 1 saturated carbocycles. The van der Waals surface area contributed by atoms with Crippen molar-refractivity contribution in [2.45, 2.75) is 44.6 Å². The van der Waals surface area contributed by atoms with Gasteiger partial charge in [-0.25, -0.2) is 0 Å². The highest BCUT2D eigenvalue weighted by Gasteiger charge is 2.18. The molecule has 16 heavy (non-hydrogen) atoms. The first kappa shape index (κ1) is 11.8. The highest BCUT2D eigenvalue weighted by atomic mass is 35.5. The van der Waals surface area contributed by atoms with Crippen LogP contribution >= 0.6 is 22.9 Å².